The van der Waals surface area contributed by atoms with Gasteiger partial charge < -0.3 is 9.47 Å². The molecule has 5 heteroatoms. The van der Waals surface area contributed by atoms with Crippen LogP contribution in [0.15, 0.2) is 78.9 Å². The fourth-order valence-electron chi connectivity index (χ4n) is 3.91. The minimum Gasteiger partial charge on any atom is -0.497 e. The number of pyridine rings is 1. The highest BCUT2D eigenvalue weighted by Crippen LogP contribution is 2.35. The van der Waals surface area contributed by atoms with E-state index < -0.39 is 0 Å². The van der Waals surface area contributed by atoms with Crippen molar-refractivity contribution in [2.45, 2.75) is 0 Å². The Morgan fingerprint density at radius 2 is 1.42 bits per heavy atom. The van der Waals surface area contributed by atoms with E-state index in [1.807, 2.05) is 72.8 Å². The minimum absolute atomic E-state index is 0.540. The molecular weight excluding hydrogens is 386 g/mol. The number of hydrogen-bond acceptors (Lipinski definition) is 4. The van der Waals surface area contributed by atoms with Gasteiger partial charge in [0.05, 0.1) is 30.9 Å². The molecule has 0 saturated carbocycles. The quantitative estimate of drug-likeness (QED) is 0.384. The van der Waals surface area contributed by atoms with Crippen LogP contribution in [-0.4, -0.2) is 23.6 Å². The first-order chi connectivity index (χ1) is 15.2. The maximum absolute atomic E-state index is 10.1. The smallest absolute Gasteiger partial charge is 0.157 e. The summed E-state index contributed by atoms with van der Waals surface area (Å²) < 4.78 is 12.7. The van der Waals surface area contributed by atoms with Crippen molar-refractivity contribution in [3.8, 4) is 40.0 Å². The number of benzene rings is 3. The Bertz CT molecular complexity index is 1440. The van der Waals surface area contributed by atoms with E-state index in [2.05, 4.69) is 16.5 Å². The van der Waals surface area contributed by atoms with E-state index in [4.69, 9.17) is 14.5 Å². The van der Waals surface area contributed by atoms with Crippen molar-refractivity contribution in [3.05, 3.63) is 84.4 Å². The molecule has 0 radical (unpaired) electrons. The van der Waals surface area contributed by atoms with Crippen LogP contribution in [-0.2, 0) is 0 Å². The molecule has 5 aromatic rings. The van der Waals surface area contributed by atoms with Gasteiger partial charge >= 0.3 is 0 Å². The molecule has 0 atom stereocenters. The van der Waals surface area contributed by atoms with E-state index in [1.165, 1.54) is 0 Å². The second-order valence-electron chi connectivity index (χ2n) is 7.15. The van der Waals surface area contributed by atoms with Gasteiger partial charge in [0.15, 0.2) is 5.65 Å². The van der Waals surface area contributed by atoms with Crippen LogP contribution in [0.1, 0.15) is 5.56 Å². The molecule has 0 saturated heterocycles. The molecule has 0 aliphatic carbocycles. The Kier molecular flexibility index (Phi) is 4.53. The summed E-state index contributed by atoms with van der Waals surface area (Å²) >= 11 is 0. The number of fused-ring (bicyclic) bond motifs is 3. The summed E-state index contributed by atoms with van der Waals surface area (Å²) in [6.07, 6.45) is 0. The molecule has 3 aromatic carbocycles. The first kappa shape index (κ1) is 18.7. The Balaban J connectivity index is 1.87. The molecule has 150 valence electrons. The highest BCUT2D eigenvalue weighted by atomic mass is 16.5. The maximum atomic E-state index is 10.1. The standard InChI is InChI=1S/C26H19N3O2/c1-30-19-11-7-17(8-12-19)21-15-25(18-9-13-20(31-2)14-10-18)29-24-6-4-3-5-23(24)28-26(29)22(21)16-27/h3-15H,1-2H3. The third kappa shape index (κ3) is 3.06. The first-order valence-electron chi connectivity index (χ1n) is 9.86. The number of hydrogen-bond donors (Lipinski definition) is 0. The highest BCUT2D eigenvalue weighted by molar-refractivity contribution is 5.90. The van der Waals surface area contributed by atoms with Crippen LogP contribution in [0, 0.1) is 11.3 Å². The van der Waals surface area contributed by atoms with Crippen molar-refractivity contribution in [1.29, 1.82) is 5.26 Å². The Morgan fingerprint density at radius 1 is 0.806 bits per heavy atom. The van der Waals surface area contributed by atoms with E-state index in [0.717, 1.165) is 44.9 Å². The lowest BCUT2D eigenvalue weighted by Crippen LogP contribution is -1.98. The third-order valence-corrected chi connectivity index (χ3v) is 5.47. The molecule has 0 aliphatic heterocycles. The molecular formula is C26H19N3O2. The second-order valence-corrected chi connectivity index (χ2v) is 7.15. The number of nitrogens with zero attached hydrogens (tertiary/aromatic N) is 3. The number of imidazole rings is 1. The number of methoxy groups -OCH3 is 2. The van der Waals surface area contributed by atoms with Crippen molar-refractivity contribution in [2.24, 2.45) is 0 Å². The van der Waals surface area contributed by atoms with Gasteiger partial charge in [0.2, 0.25) is 0 Å². The van der Waals surface area contributed by atoms with Crippen LogP contribution < -0.4 is 9.47 Å². The fourth-order valence-corrected chi connectivity index (χ4v) is 3.91. The van der Waals surface area contributed by atoms with Gasteiger partial charge in [-0.25, -0.2) is 4.98 Å². The number of nitriles is 1. The lowest BCUT2D eigenvalue weighted by atomic mass is 9.98. The molecule has 0 aliphatic rings. The number of ether oxygens (including phenoxy) is 2. The van der Waals surface area contributed by atoms with Gasteiger partial charge in [-0.3, -0.25) is 4.40 Å². The van der Waals surface area contributed by atoms with E-state index in [9.17, 15) is 5.26 Å². The monoisotopic (exact) mass is 405 g/mol. The van der Waals surface area contributed by atoms with E-state index in [1.54, 1.807) is 14.2 Å². The number of para-hydroxylation sites is 2. The van der Waals surface area contributed by atoms with Gasteiger partial charge in [-0.15, -0.1) is 0 Å². The molecule has 31 heavy (non-hydrogen) atoms. The summed E-state index contributed by atoms with van der Waals surface area (Å²) in [5.74, 6) is 1.56. The molecule has 0 N–H and O–H groups in total. The normalized spacial score (nSPS) is 10.9. The van der Waals surface area contributed by atoms with Gasteiger partial charge in [-0.1, -0.05) is 24.3 Å². The Morgan fingerprint density at radius 3 is 2.03 bits per heavy atom. The number of aromatic nitrogens is 2. The zero-order chi connectivity index (χ0) is 21.4. The second kappa shape index (κ2) is 7.51. The van der Waals surface area contributed by atoms with Crippen LogP contribution in [0.2, 0.25) is 0 Å². The van der Waals surface area contributed by atoms with Crippen LogP contribution in [0.3, 0.4) is 0 Å². The summed E-state index contributed by atoms with van der Waals surface area (Å²) in [6.45, 7) is 0. The zero-order valence-electron chi connectivity index (χ0n) is 17.2. The minimum atomic E-state index is 0.540. The molecule has 0 unspecified atom stereocenters. The Labute approximate surface area is 179 Å². The van der Waals surface area contributed by atoms with Crippen molar-refractivity contribution in [1.82, 2.24) is 9.38 Å². The zero-order valence-corrected chi connectivity index (χ0v) is 17.2. The Hall–Kier alpha value is -4.30. The molecule has 0 spiro atoms. The lowest BCUT2D eigenvalue weighted by Gasteiger charge is -2.13. The molecule has 0 bridgehead atoms. The van der Waals surface area contributed by atoms with Gasteiger partial charge in [-0.2, -0.15) is 5.26 Å². The van der Waals surface area contributed by atoms with E-state index in [0.29, 0.717) is 11.2 Å². The summed E-state index contributed by atoms with van der Waals surface area (Å²) in [5.41, 5.74) is 6.72. The van der Waals surface area contributed by atoms with Gasteiger partial charge in [0, 0.05) is 5.56 Å². The van der Waals surface area contributed by atoms with Crippen LogP contribution in [0.4, 0.5) is 0 Å². The summed E-state index contributed by atoms with van der Waals surface area (Å²) in [5, 5.41) is 10.1. The molecule has 5 rings (SSSR count). The van der Waals surface area contributed by atoms with Crippen molar-refractivity contribution < 1.29 is 9.47 Å². The largest absolute Gasteiger partial charge is 0.497 e. The highest BCUT2D eigenvalue weighted by Gasteiger charge is 2.19. The van der Waals surface area contributed by atoms with Crippen LogP contribution >= 0.6 is 0 Å². The SMILES string of the molecule is COc1ccc(-c2cc(-c3ccc(OC)cc3)n3c(nc4ccccc43)c2C#N)cc1. The summed E-state index contributed by atoms with van der Waals surface area (Å²) in [7, 11) is 3.29. The number of rotatable bonds is 4. The van der Waals surface area contributed by atoms with Gasteiger partial charge in [0.1, 0.15) is 23.1 Å². The van der Waals surface area contributed by atoms with Crippen molar-refractivity contribution >= 4 is 16.7 Å². The van der Waals surface area contributed by atoms with Gasteiger partial charge in [0.25, 0.3) is 0 Å². The topological polar surface area (TPSA) is 59.6 Å². The lowest BCUT2D eigenvalue weighted by molar-refractivity contribution is 0.415. The third-order valence-electron chi connectivity index (χ3n) is 5.47. The van der Waals surface area contributed by atoms with E-state index >= 15 is 0 Å². The molecule has 0 amide bonds. The molecule has 5 nitrogen and oxygen atoms in total. The van der Waals surface area contributed by atoms with Crippen molar-refractivity contribution in [2.75, 3.05) is 14.2 Å². The summed E-state index contributed by atoms with van der Waals surface area (Å²) in [6, 6.07) is 28.0. The van der Waals surface area contributed by atoms with Crippen LogP contribution in [0.25, 0.3) is 39.1 Å². The van der Waals surface area contributed by atoms with E-state index in [-0.39, 0.29) is 0 Å². The predicted octanol–water partition coefficient (Wildman–Crippen LogP) is 5.71. The average Bonchev–Trinajstić information content (AvgIpc) is 3.23. The average molecular weight is 405 g/mol. The van der Waals surface area contributed by atoms with Crippen LogP contribution in [0.5, 0.6) is 11.5 Å². The maximum Gasteiger partial charge on any atom is 0.157 e. The van der Waals surface area contributed by atoms with Crippen molar-refractivity contribution in [3.63, 3.8) is 0 Å². The molecule has 2 heterocycles. The fraction of sp³-hybridized carbons (Fsp3) is 0.0769. The predicted molar refractivity (Wildman–Crippen MR) is 121 cm³/mol. The summed E-state index contributed by atoms with van der Waals surface area (Å²) in [4.78, 5) is 4.82. The molecule has 0 fully saturated rings. The first-order valence-corrected chi connectivity index (χ1v) is 9.86. The molecule has 2 aromatic heterocycles. The van der Waals surface area contributed by atoms with Gasteiger partial charge in [-0.05, 0) is 65.7 Å².